The van der Waals surface area contributed by atoms with E-state index in [4.69, 9.17) is 10.5 Å². The normalized spacial score (nSPS) is 14.7. The Morgan fingerprint density at radius 3 is 2.48 bits per heavy atom. The van der Waals surface area contributed by atoms with E-state index in [0.29, 0.717) is 35.3 Å². The predicted octanol–water partition coefficient (Wildman–Crippen LogP) is 5.98. The number of carbonyl (C=O) groups is 2. The molecule has 5 rings (SSSR count). The third-order valence-electron chi connectivity index (χ3n) is 7.72. The molecule has 0 aliphatic carbocycles. The number of aryl methyl sites for hydroxylation is 1. The van der Waals surface area contributed by atoms with Crippen molar-refractivity contribution in [3.63, 3.8) is 0 Å². The maximum Gasteiger partial charge on any atom is 0.418 e. The van der Waals surface area contributed by atoms with Crippen molar-refractivity contribution >= 4 is 28.5 Å². The summed E-state index contributed by atoms with van der Waals surface area (Å²) in [6, 6.07) is 13.6. The zero-order valence-electron chi connectivity index (χ0n) is 25.9. The minimum Gasteiger partial charge on any atom is -0.496 e. The molecule has 1 aliphatic rings. The highest BCUT2D eigenvalue weighted by atomic mass is 19.4. The maximum atomic E-state index is 14.4. The van der Waals surface area contributed by atoms with E-state index in [-0.39, 0.29) is 22.8 Å². The van der Waals surface area contributed by atoms with Crippen LogP contribution < -0.4 is 15.8 Å². The fourth-order valence-electron chi connectivity index (χ4n) is 5.42. The van der Waals surface area contributed by atoms with Gasteiger partial charge in [-0.25, -0.2) is 9.07 Å². The Morgan fingerprint density at radius 1 is 1.15 bits per heavy atom. The highest BCUT2D eigenvalue weighted by Gasteiger charge is 2.56. The van der Waals surface area contributed by atoms with Gasteiger partial charge >= 0.3 is 12.1 Å². The monoisotopic (exact) mass is 644 g/mol. The molecule has 1 aromatic heterocycles. The van der Waals surface area contributed by atoms with Crippen LogP contribution in [-0.4, -0.2) is 58.8 Å². The number of hydrogen-bond donors (Lipinski definition) is 3. The largest absolute Gasteiger partial charge is 0.496 e. The number of nitrogens with one attached hydrogen (secondary N) is 1. The van der Waals surface area contributed by atoms with Crippen LogP contribution in [0.2, 0.25) is 0 Å². The Bertz CT molecular complexity index is 1730. The molecule has 2 heterocycles. The Hall–Kier alpha value is -4.65. The van der Waals surface area contributed by atoms with E-state index in [1.165, 1.54) is 33.2 Å². The molecule has 1 aliphatic heterocycles. The highest BCUT2D eigenvalue weighted by Crippen LogP contribution is 2.44. The molecule has 4 aromatic rings. The minimum atomic E-state index is -5.01. The van der Waals surface area contributed by atoms with Crippen LogP contribution >= 0.6 is 0 Å². The average molecular weight is 645 g/mol. The molecular formula is C33H36F4N4O5. The lowest BCUT2D eigenvalue weighted by Crippen LogP contribution is -2.53. The van der Waals surface area contributed by atoms with Gasteiger partial charge in [0, 0.05) is 28.6 Å². The number of nitrogens with two attached hydrogens (primary N) is 1. The number of nitrogens with zero attached hydrogens (tertiary/aromatic N) is 2. The number of halogens is 4. The van der Waals surface area contributed by atoms with E-state index < -0.39 is 41.9 Å². The number of benzene rings is 3. The molecule has 1 fully saturated rings. The first-order valence-electron chi connectivity index (χ1n) is 14.5. The SMILES string of the molecule is COc1ccc(F)cc1C(C)(C)CC(O)(CNc1cc(C)cc2c1cnn2-c1cccc(C(N)=O)c1)C(F)(F)F.O=C1CCCO1. The van der Waals surface area contributed by atoms with Crippen LogP contribution in [0, 0.1) is 12.7 Å². The number of cyclic esters (lactones) is 1. The van der Waals surface area contributed by atoms with E-state index in [9.17, 15) is 32.3 Å². The molecule has 3 aromatic carbocycles. The van der Waals surface area contributed by atoms with E-state index >= 15 is 0 Å². The van der Waals surface area contributed by atoms with Crippen LogP contribution in [0.15, 0.2) is 60.8 Å². The lowest BCUT2D eigenvalue weighted by atomic mass is 9.74. The number of hydrogen-bond acceptors (Lipinski definition) is 7. The van der Waals surface area contributed by atoms with Crippen molar-refractivity contribution in [2.24, 2.45) is 5.73 Å². The van der Waals surface area contributed by atoms with Gasteiger partial charge in [0.1, 0.15) is 11.6 Å². The lowest BCUT2D eigenvalue weighted by Gasteiger charge is -2.38. The zero-order chi connectivity index (χ0) is 33.9. The van der Waals surface area contributed by atoms with Crippen LogP contribution in [0.1, 0.15) is 54.6 Å². The number of amides is 1. The van der Waals surface area contributed by atoms with Gasteiger partial charge in [0.2, 0.25) is 5.91 Å². The molecule has 1 amide bonds. The topological polar surface area (TPSA) is 129 Å². The molecule has 0 spiro atoms. The van der Waals surface area contributed by atoms with Crippen LogP contribution in [0.25, 0.3) is 16.6 Å². The van der Waals surface area contributed by atoms with E-state index in [0.717, 1.165) is 24.1 Å². The first-order chi connectivity index (χ1) is 21.5. The molecule has 0 radical (unpaired) electrons. The molecule has 1 saturated heterocycles. The third-order valence-corrected chi connectivity index (χ3v) is 7.72. The Morgan fingerprint density at radius 2 is 1.89 bits per heavy atom. The fourth-order valence-corrected chi connectivity index (χ4v) is 5.42. The molecule has 0 bridgehead atoms. The first-order valence-corrected chi connectivity index (χ1v) is 14.5. The number of primary amides is 1. The van der Waals surface area contributed by atoms with Crippen molar-refractivity contribution in [1.29, 1.82) is 0 Å². The summed E-state index contributed by atoms with van der Waals surface area (Å²) in [6.07, 6.45) is -2.76. The average Bonchev–Trinajstić information content (AvgIpc) is 3.64. The Balaban J connectivity index is 0.000000717. The van der Waals surface area contributed by atoms with Crippen molar-refractivity contribution < 1.29 is 41.7 Å². The summed E-state index contributed by atoms with van der Waals surface area (Å²) >= 11 is 0. The number of aliphatic hydroxyl groups is 1. The van der Waals surface area contributed by atoms with E-state index in [2.05, 4.69) is 15.2 Å². The number of ether oxygens (including phenoxy) is 2. The predicted molar refractivity (Wildman–Crippen MR) is 165 cm³/mol. The van der Waals surface area contributed by atoms with Crippen molar-refractivity contribution in [2.45, 2.75) is 57.2 Å². The van der Waals surface area contributed by atoms with Crippen LogP contribution in [0.5, 0.6) is 5.75 Å². The van der Waals surface area contributed by atoms with Crippen LogP contribution in [-0.2, 0) is 14.9 Å². The van der Waals surface area contributed by atoms with Gasteiger partial charge in [-0.05, 0) is 79.3 Å². The van der Waals surface area contributed by atoms with Gasteiger partial charge in [-0.1, -0.05) is 19.9 Å². The molecular weight excluding hydrogens is 608 g/mol. The summed E-state index contributed by atoms with van der Waals surface area (Å²) in [6.45, 7) is 4.53. The number of alkyl halides is 3. The summed E-state index contributed by atoms with van der Waals surface area (Å²) in [4.78, 5) is 21.7. The van der Waals surface area contributed by atoms with E-state index in [1.807, 2.05) is 0 Å². The molecule has 13 heteroatoms. The van der Waals surface area contributed by atoms with Crippen LogP contribution in [0.4, 0.5) is 23.2 Å². The lowest BCUT2D eigenvalue weighted by molar-refractivity contribution is -0.260. The molecule has 4 N–H and O–H groups in total. The van der Waals surface area contributed by atoms with Crippen LogP contribution in [0.3, 0.4) is 0 Å². The number of carbonyl (C=O) groups excluding carboxylic acids is 2. The van der Waals surface area contributed by atoms with Gasteiger partial charge < -0.3 is 25.6 Å². The second kappa shape index (κ2) is 13.4. The quantitative estimate of drug-likeness (QED) is 0.151. The second-order valence-corrected chi connectivity index (χ2v) is 11.8. The van der Waals surface area contributed by atoms with Gasteiger partial charge in [0.15, 0.2) is 5.60 Å². The summed E-state index contributed by atoms with van der Waals surface area (Å²) in [5.41, 5.74) is 3.54. The van der Waals surface area contributed by atoms with Crippen molar-refractivity contribution in [3.8, 4) is 11.4 Å². The number of fused-ring (bicyclic) bond motifs is 1. The molecule has 9 nitrogen and oxygen atoms in total. The van der Waals surface area contributed by atoms with Gasteiger partial charge in [-0.15, -0.1) is 0 Å². The summed E-state index contributed by atoms with van der Waals surface area (Å²) in [7, 11) is 1.34. The van der Waals surface area contributed by atoms with Crippen molar-refractivity contribution in [2.75, 3.05) is 25.6 Å². The summed E-state index contributed by atoms with van der Waals surface area (Å²) in [5.74, 6) is -1.06. The summed E-state index contributed by atoms with van der Waals surface area (Å²) < 4.78 is 68.5. The van der Waals surface area contributed by atoms with Crippen molar-refractivity contribution in [3.05, 3.63) is 83.3 Å². The summed E-state index contributed by atoms with van der Waals surface area (Å²) in [5, 5.41) is 18.7. The fraction of sp³-hybridized carbons (Fsp3) is 0.364. The maximum absolute atomic E-state index is 14.4. The number of rotatable bonds is 9. The van der Waals surface area contributed by atoms with Crippen molar-refractivity contribution in [1.82, 2.24) is 9.78 Å². The number of methoxy groups -OCH3 is 1. The second-order valence-electron chi connectivity index (χ2n) is 11.8. The van der Waals surface area contributed by atoms with E-state index in [1.54, 1.807) is 48.0 Å². The minimum absolute atomic E-state index is 0.0463. The highest BCUT2D eigenvalue weighted by molar-refractivity contribution is 5.95. The van der Waals surface area contributed by atoms with Gasteiger partial charge in [-0.3, -0.25) is 9.59 Å². The molecule has 1 atom stereocenters. The zero-order valence-corrected chi connectivity index (χ0v) is 25.9. The third kappa shape index (κ3) is 7.58. The standard InChI is InChI=1S/C29H30F4N4O3.C4H6O2/c1-17-10-23(21-14-36-37(24(21)11-17)20-7-5-6-18(12-20)26(34)38)35-16-28(39,29(31,32)33)15-27(2,3)22-13-19(30)8-9-25(22)40-4;5-4-2-1-3-6-4/h5-14,35,39H,15-16H2,1-4H3,(H2,34,38);1-3H2. The molecule has 1 unspecified atom stereocenters. The number of anilines is 1. The Labute approximate surface area is 263 Å². The number of aromatic nitrogens is 2. The Kier molecular flexibility index (Phi) is 9.95. The molecule has 246 valence electrons. The van der Waals surface area contributed by atoms with Gasteiger partial charge in [0.25, 0.3) is 0 Å². The first kappa shape index (κ1) is 34.2. The molecule has 46 heavy (non-hydrogen) atoms. The molecule has 0 saturated carbocycles. The smallest absolute Gasteiger partial charge is 0.418 e. The van der Waals surface area contributed by atoms with Gasteiger partial charge in [-0.2, -0.15) is 18.3 Å². The number of esters is 1. The van der Waals surface area contributed by atoms with Gasteiger partial charge in [0.05, 0.1) is 37.7 Å².